The lowest BCUT2D eigenvalue weighted by atomic mass is 9.96. The fourth-order valence-corrected chi connectivity index (χ4v) is 3.03. The predicted octanol–water partition coefficient (Wildman–Crippen LogP) is 3.55. The van der Waals surface area contributed by atoms with Gasteiger partial charge >= 0.3 is 6.18 Å². The topological polar surface area (TPSA) is 82.8 Å². The number of aromatic nitrogens is 1. The Kier molecular flexibility index (Phi) is 4.95. The maximum Gasteiger partial charge on any atom is 0.416 e. The summed E-state index contributed by atoms with van der Waals surface area (Å²) >= 11 is 0. The molecule has 0 bridgehead atoms. The van der Waals surface area contributed by atoms with E-state index in [1.807, 2.05) is 0 Å². The molecule has 1 aromatic carbocycles. The normalized spacial score (nSPS) is 19.6. The monoisotopic (exact) mass is 373 g/mol. The Hall–Kier alpha value is -3.21. The van der Waals surface area contributed by atoms with E-state index in [-0.39, 0.29) is 17.8 Å². The van der Waals surface area contributed by atoms with Crippen LogP contribution < -0.4 is 5.32 Å². The highest BCUT2D eigenvalue weighted by Crippen LogP contribution is 2.52. The number of halogens is 3. The van der Waals surface area contributed by atoms with Crippen LogP contribution in [-0.4, -0.2) is 16.7 Å². The highest BCUT2D eigenvalue weighted by molar-refractivity contribution is 6.10. The maximum atomic E-state index is 13.2. The number of nitriles is 1. The number of nitrogens with zero attached hydrogens (tertiary/aromatic N) is 2. The van der Waals surface area contributed by atoms with E-state index in [2.05, 4.69) is 10.3 Å². The number of alkyl halides is 3. The first-order valence-corrected chi connectivity index (χ1v) is 8.14. The number of carbonyl (C=O) groups excluding carboxylic acids is 2. The van der Waals surface area contributed by atoms with Crippen molar-refractivity contribution in [1.29, 1.82) is 5.26 Å². The molecule has 1 fully saturated rings. The number of hydrogen-bond acceptors (Lipinski definition) is 4. The first-order valence-electron chi connectivity index (χ1n) is 8.14. The van der Waals surface area contributed by atoms with E-state index in [4.69, 9.17) is 0 Å². The van der Waals surface area contributed by atoms with E-state index >= 15 is 0 Å². The number of carbonyl (C=O) groups is 2. The Morgan fingerprint density at radius 3 is 2.52 bits per heavy atom. The summed E-state index contributed by atoms with van der Waals surface area (Å²) in [6.07, 6.45) is -2.91. The first kappa shape index (κ1) is 18.6. The highest BCUT2D eigenvalue weighted by Gasteiger charge is 2.50. The highest BCUT2D eigenvalue weighted by atomic mass is 19.4. The number of nitrogens with one attached hydrogen (secondary N) is 1. The lowest BCUT2D eigenvalue weighted by Crippen LogP contribution is -2.30. The van der Waals surface area contributed by atoms with E-state index < -0.39 is 41.2 Å². The minimum atomic E-state index is -4.53. The number of amides is 1. The van der Waals surface area contributed by atoms with Gasteiger partial charge < -0.3 is 5.32 Å². The zero-order chi connectivity index (χ0) is 19.6. The minimum absolute atomic E-state index is 0.0187. The number of Topliss-reactive ketones (excluding diaryl/α,β-unsaturated/α-hetero) is 1. The molecule has 1 amide bonds. The van der Waals surface area contributed by atoms with Crippen molar-refractivity contribution < 1.29 is 22.8 Å². The van der Waals surface area contributed by atoms with Crippen molar-refractivity contribution in [1.82, 2.24) is 4.98 Å². The SMILES string of the molecule is N#C[C@H](C(=O)Nc1ccccn1)C(=O)[C@H]1C[C@H]1c1ccccc1C(F)(F)F. The molecule has 27 heavy (non-hydrogen) atoms. The Morgan fingerprint density at radius 1 is 1.19 bits per heavy atom. The molecular weight excluding hydrogens is 359 g/mol. The Balaban J connectivity index is 1.74. The molecule has 0 radical (unpaired) electrons. The Morgan fingerprint density at radius 2 is 1.89 bits per heavy atom. The van der Waals surface area contributed by atoms with Crippen molar-refractivity contribution in [2.24, 2.45) is 11.8 Å². The minimum Gasteiger partial charge on any atom is -0.309 e. The van der Waals surface area contributed by atoms with Crippen LogP contribution in [0.4, 0.5) is 19.0 Å². The number of anilines is 1. The summed E-state index contributed by atoms with van der Waals surface area (Å²) in [4.78, 5) is 28.6. The van der Waals surface area contributed by atoms with E-state index in [9.17, 15) is 28.0 Å². The third kappa shape index (κ3) is 3.97. The molecule has 1 heterocycles. The third-order valence-corrected chi connectivity index (χ3v) is 4.41. The second-order valence-corrected chi connectivity index (χ2v) is 6.20. The summed E-state index contributed by atoms with van der Waals surface area (Å²) in [5.74, 6) is -4.35. The largest absolute Gasteiger partial charge is 0.416 e. The van der Waals surface area contributed by atoms with Crippen LogP contribution in [0.15, 0.2) is 48.7 Å². The van der Waals surface area contributed by atoms with Crippen LogP contribution in [0.25, 0.3) is 0 Å². The molecule has 8 heteroatoms. The van der Waals surface area contributed by atoms with Gasteiger partial charge in [-0.05, 0) is 36.1 Å². The summed E-state index contributed by atoms with van der Waals surface area (Å²) in [5, 5.41) is 11.6. The number of rotatable bonds is 5. The lowest BCUT2D eigenvalue weighted by Gasteiger charge is -2.13. The average molecular weight is 373 g/mol. The van der Waals surface area contributed by atoms with E-state index in [0.29, 0.717) is 0 Å². The van der Waals surface area contributed by atoms with Crippen molar-refractivity contribution in [3.63, 3.8) is 0 Å². The molecule has 0 saturated heterocycles. The summed E-state index contributed by atoms with van der Waals surface area (Å²) in [6, 6.07) is 11.4. The van der Waals surface area contributed by atoms with Crippen molar-refractivity contribution in [2.45, 2.75) is 18.5 Å². The molecule has 1 aliphatic rings. The van der Waals surface area contributed by atoms with Gasteiger partial charge in [0.2, 0.25) is 0 Å². The summed E-state index contributed by atoms with van der Waals surface area (Å²) in [5.41, 5.74) is -0.776. The molecule has 0 unspecified atom stereocenters. The van der Waals surface area contributed by atoms with Crippen molar-refractivity contribution in [2.75, 3.05) is 5.32 Å². The van der Waals surface area contributed by atoms with Gasteiger partial charge in [-0.1, -0.05) is 24.3 Å². The van der Waals surface area contributed by atoms with Gasteiger partial charge in [0.1, 0.15) is 5.82 Å². The molecular formula is C19H14F3N3O2. The second kappa shape index (κ2) is 7.19. The molecule has 3 rings (SSSR count). The van der Waals surface area contributed by atoms with Gasteiger partial charge in [0.05, 0.1) is 11.6 Å². The predicted molar refractivity (Wildman–Crippen MR) is 89.3 cm³/mol. The lowest BCUT2D eigenvalue weighted by molar-refractivity contribution is -0.138. The number of benzene rings is 1. The van der Waals surface area contributed by atoms with Crippen LogP contribution in [0.3, 0.4) is 0 Å². The van der Waals surface area contributed by atoms with Crippen LogP contribution >= 0.6 is 0 Å². The zero-order valence-corrected chi connectivity index (χ0v) is 13.9. The van der Waals surface area contributed by atoms with Crippen LogP contribution in [0.1, 0.15) is 23.5 Å². The van der Waals surface area contributed by atoms with Gasteiger partial charge in [-0.15, -0.1) is 0 Å². The summed E-state index contributed by atoms with van der Waals surface area (Å²) < 4.78 is 39.5. The van der Waals surface area contributed by atoms with Crippen molar-refractivity contribution >= 4 is 17.5 Å². The van der Waals surface area contributed by atoms with Gasteiger partial charge in [-0.3, -0.25) is 9.59 Å². The smallest absolute Gasteiger partial charge is 0.309 e. The van der Waals surface area contributed by atoms with Crippen molar-refractivity contribution in [3.05, 3.63) is 59.8 Å². The standard InChI is InChI=1S/C19H14F3N3O2/c20-19(21,22)15-6-2-1-5-11(15)12-9-13(12)17(26)14(10-23)18(27)25-16-7-3-4-8-24-16/h1-8,12-14H,9H2,(H,24,25,27)/t12-,13-,14-/m0/s1. The summed E-state index contributed by atoms with van der Waals surface area (Å²) in [7, 11) is 0. The molecule has 1 aliphatic carbocycles. The molecule has 5 nitrogen and oxygen atoms in total. The molecule has 1 saturated carbocycles. The Bertz CT molecular complexity index is 906. The van der Waals surface area contributed by atoms with Crippen LogP contribution in [-0.2, 0) is 15.8 Å². The van der Waals surface area contributed by atoms with Gasteiger partial charge in [0, 0.05) is 12.1 Å². The maximum absolute atomic E-state index is 13.2. The second-order valence-electron chi connectivity index (χ2n) is 6.20. The average Bonchev–Trinajstić information content (AvgIpc) is 3.43. The molecule has 0 spiro atoms. The zero-order valence-electron chi connectivity index (χ0n) is 13.9. The molecule has 3 atom stereocenters. The molecule has 1 N–H and O–H groups in total. The van der Waals surface area contributed by atoms with Crippen LogP contribution in [0.5, 0.6) is 0 Å². The van der Waals surface area contributed by atoms with Gasteiger partial charge in [-0.25, -0.2) is 4.98 Å². The number of hydrogen-bond donors (Lipinski definition) is 1. The van der Waals surface area contributed by atoms with Gasteiger partial charge in [0.25, 0.3) is 5.91 Å². The van der Waals surface area contributed by atoms with Gasteiger partial charge in [-0.2, -0.15) is 18.4 Å². The number of pyridine rings is 1. The third-order valence-electron chi connectivity index (χ3n) is 4.41. The fraction of sp³-hybridized carbons (Fsp3) is 0.263. The van der Waals surface area contributed by atoms with E-state index in [1.165, 1.54) is 30.5 Å². The Labute approximate surface area is 152 Å². The van der Waals surface area contributed by atoms with Crippen molar-refractivity contribution in [3.8, 4) is 6.07 Å². The first-order chi connectivity index (χ1) is 12.8. The fourth-order valence-electron chi connectivity index (χ4n) is 3.03. The molecule has 1 aromatic heterocycles. The molecule has 2 aromatic rings. The van der Waals surface area contributed by atoms with E-state index in [0.717, 1.165) is 6.07 Å². The molecule has 0 aliphatic heterocycles. The quantitative estimate of drug-likeness (QED) is 0.813. The van der Waals surface area contributed by atoms with Crippen LogP contribution in [0.2, 0.25) is 0 Å². The summed E-state index contributed by atoms with van der Waals surface area (Å²) in [6.45, 7) is 0. The molecule has 138 valence electrons. The van der Waals surface area contributed by atoms with Crippen LogP contribution in [0, 0.1) is 23.2 Å². The van der Waals surface area contributed by atoms with Gasteiger partial charge in [0.15, 0.2) is 11.7 Å². The number of ketones is 1. The van der Waals surface area contributed by atoms with E-state index in [1.54, 1.807) is 18.2 Å².